The zero-order chi connectivity index (χ0) is 20.3. The van der Waals surface area contributed by atoms with Crippen LogP contribution in [0, 0.1) is 5.82 Å². The van der Waals surface area contributed by atoms with Gasteiger partial charge in [-0.25, -0.2) is 9.37 Å². The summed E-state index contributed by atoms with van der Waals surface area (Å²) in [6, 6.07) is 19.0. The van der Waals surface area contributed by atoms with Gasteiger partial charge in [-0.05, 0) is 17.7 Å². The molecule has 4 heterocycles. The van der Waals surface area contributed by atoms with Gasteiger partial charge < -0.3 is 9.64 Å². The van der Waals surface area contributed by atoms with Crippen molar-refractivity contribution in [1.29, 1.82) is 0 Å². The number of para-hydroxylation sites is 1. The van der Waals surface area contributed by atoms with E-state index < -0.39 is 5.72 Å². The maximum atomic E-state index is 14.2. The fraction of sp³-hybridized carbons (Fsp3) is 0.333. The molecule has 3 aromatic rings. The summed E-state index contributed by atoms with van der Waals surface area (Å²) in [5, 5.41) is 0.795. The van der Waals surface area contributed by atoms with Gasteiger partial charge in [0, 0.05) is 31.3 Å². The molecule has 1 aromatic heterocycles. The van der Waals surface area contributed by atoms with Crippen LogP contribution in [0.25, 0.3) is 10.9 Å². The number of hydrogen-bond donors (Lipinski definition) is 0. The van der Waals surface area contributed by atoms with Gasteiger partial charge in [-0.2, -0.15) is 0 Å². The SMILES string of the molecule is O=C1C[C@H]2N(Cc3ccc4cccc(F)c4n3)CC[C@]23O[C@H](c2ccccc2)CN13. The highest BCUT2D eigenvalue weighted by Gasteiger charge is 2.63. The van der Waals surface area contributed by atoms with Crippen LogP contribution in [0.5, 0.6) is 0 Å². The number of nitrogens with zero attached hydrogens (tertiary/aromatic N) is 3. The van der Waals surface area contributed by atoms with Crippen LogP contribution in [0.1, 0.15) is 30.2 Å². The van der Waals surface area contributed by atoms with Crippen molar-refractivity contribution in [3.05, 3.63) is 77.7 Å². The minimum absolute atomic E-state index is 0.00294. The summed E-state index contributed by atoms with van der Waals surface area (Å²) >= 11 is 0. The van der Waals surface area contributed by atoms with Crippen LogP contribution in [-0.4, -0.2) is 45.5 Å². The number of carbonyl (C=O) groups excluding carboxylic acids is 1. The summed E-state index contributed by atoms with van der Waals surface area (Å²) in [6.07, 6.45) is 1.16. The molecule has 6 rings (SSSR count). The molecule has 3 aliphatic rings. The van der Waals surface area contributed by atoms with E-state index in [1.807, 2.05) is 41.3 Å². The van der Waals surface area contributed by atoms with E-state index in [4.69, 9.17) is 4.74 Å². The molecule has 0 unspecified atom stereocenters. The molecule has 0 bridgehead atoms. The fourth-order valence-corrected chi connectivity index (χ4v) is 5.39. The Labute approximate surface area is 174 Å². The van der Waals surface area contributed by atoms with Crippen molar-refractivity contribution < 1.29 is 13.9 Å². The van der Waals surface area contributed by atoms with E-state index in [-0.39, 0.29) is 23.9 Å². The van der Waals surface area contributed by atoms with Gasteiger partial charge >= 0.3 is 0 Å². The van der Waals surface area contributed by atoms with E-state index in [2.05, 4.69) is 22.0 Å². The van der Waals surface area contributed by atoms with Gasteiger partial charge in [0.15, 0.2) is 5.72 Å². The zero-order valence-electron chi connectivity index (χ0n) is 16.5. The lowest BCUT2D eigenvalue weighted by molar-refractivity contribution is -0.138. The molecular formula is C24H22FN3O2. The third-order valence-electron chi connectivity index (χ3n) is 6.80. The van der Waals surface area contributed by atoms with Crippen LogP contribution in [0.2, 0.25) is 0 Å². The van der Waals surface area contributed by atoms with Crippen LogP contribution in [0.4, 0.5) is 4.39 Å². The molecule has 3 atom stereocenters. The Balaban J connectivity index is 1.28. The molecule has 0 saturated carbocycles. The molecule has 30 heavy (non-hydrogen) atoms. The average Bonchev–Trinajstić information content (AvgIpc) is 3.39. The van der Waals surface area contributed by atoms with E-state index in [1.165, 1.54) is 6.07 Å². The van der Waals surface area contributed by atoms with E-state index in [0.29, 0.717) is 25.0 Å². The standard InChI is InChI=1S/C24H22FN3O2/c25-19-8-4-7-17-9-10-18(26-23(17)19)14-27-12-11-24-21(27)13-22(29)28(24)15-20(30-24)16-5-2-1-3-6-16/h1-10,20-21H,11-15H2/t20-,21+,24-/m0/s1. The molecule has 5 nitrogen and oxygen atoms in total. The summed E-state index contributed by atoms with van der Waals surface area (Å²) in [6.45, 7) is 2.01. The first-order chi connectivity index (χ1) is 14.6. The van der Waals surface area contributed by atoms with Gasteiger partial charge in [0.05, 0.1) is 18.3 Å². The molecule has 0 N–H and O–H groups in total. The largest absolute Gasteiger partial charge is 0.344 e. The van der Waals surface area contributed by atoms with Crippen molar-refractivity contribution in [2.45, 2.75) is 37.3 Å². The Kier molecular flexibility index (Phi) is 3.95. The van der Waals surface area contributed by atoms with Gasteiger partial charge in [-0.15, -0.1) is 0 Å². The lowest BCUT2D eigenvalue weighted by atomic mass is 10.1. The molecule has 6 heteroatoms. The highest BCUT2D eigenvalue weighted by Crippen LogP contribution is 2.50. The van der Waals surface area contributed by atoms with Crippen LogP contribution in [0.15, 0.2) is 60.7 Å². The number of halogens is 1. The lowest BCUT2D eigenvalue weighted by Gasteiger charge is -2.32. The number of ether oxygens (including phenoxy) is 1. The summed E-state index contributed by atoms with van der Waals surface area (Å²) in [5.74, 6) is -0.153. The second kappa shape index (κ2) is 6.59. The quantitative estimate of drug-likeness (QED) is 0.670. The van der Waals surface area contributed by atoms with Gasteiger partial charge in [0.25, 0.3) is 0 Å². The Hall–Kier alpha value is -2.83. The Morgan fingerprint density at radius 1 is 1.10 bits per heavy atom. The number of amides is 1. The fourth-order valence-electron chi connectivity index (χ4n) is 5.39. The maximum Gasteiger partial charge on any atom is 0.226 e. The van der Waals surface area contributed by atoms with E-state index >= 15 is 0 Å². The van der Waals surface area contributed by atoms with E-state index in [9.17, 15) is 9.18 Å². The average molecular weight is 403 g/mol. The van der Waals surface area contributed by atoms with Gasteiger partial charge in [-0.1, -0.05) is 48.5 Å². The van der Waals surface area contributed by atoms with Crippen molar-refractivity contribution in [2.75, 3.05) is 13.1 Å². The normalized spacial score (nSPS) is 28.3. The Bertz CT molecular complexity index is 1140. The number of likely N-dealkylation sites (tertiary alicyclic amines) is 1. The van der Waals surface area contributed by atoms with Crippen LogP contribution in [-0.2, 0) is 16.1 Å². The highest BCUT2D eigenvalue weighted by atomic mass is 19.1. The molecule has 0 radical (unpaired) electrons. The molecule has 3 saturated heterocycles. The number of rotatable bonds is 3. The number of benzene rings is 2. The predicted octanol–water partition coefficient (Wildman–Crippen LogP) is 3.65. The summed E-state index contributed by atoms with van der Waals surface area (Å²) < 4.78 is 20.8. The number of aromatic nitrogens is 1. The summed E-state index contributed by atoms with van der Waals surface area (Å²) in [4.78, 5) is 21.6. The molecule has 3 fully saturated rings. The second-order valence-corrected chi connectivity index (χ2v) is 8.42. The van der Waals surface area contributed by atoms with Crippen molar-refractivity contribution in [3.8, 4) is 0 Å². The maximum absolute atomic E-state index is 14.2. The first kappa shape index (κ1) is 18.0. The molecule has 0 aliphatic carbocycles. The van der Waals surface area contributed by atoms with Crippen molar-refractivity contribution >= 4 is 16.8 Å². The smallest absolute Gasteiger partial charge is 0.226 e. The Morgan fingerprint density at radius 3 is 2.83 bits per heavy atom. The minimum atomic E-state index is -0.556. The predicted molar refractivity (Wildman–Crippen MR) is 110 cm³/mol. The topological polar surface area (TPSA) is 45.7 Å². The molecular weight excluding hydrogens is 381 g/mol. The third-order valence-corrected chi connectivity index (χ3v) is 6.80. The number of pyridine rings is 1. The molecule has 152 valence electrons. The van der Waals surface area contributed by atoms with Gasteiger partial charge in [-0.3, -0.25) is 9.69 Å². The van der Waals surface area contributed by atoms with E-state index in [0.717, 1.165) is 29.6 Å². The number of carbonyl (C=O) groups is 1. The number of hydrogen-bond acceptors (Lipinski definition) is 4. The summed E-state index contributed by atoms with van der Waals surface area (Å²) in [7, 11) is 0. The molecule has 3 aliphatic heterocycles. The first-order valence-corrected chi connectivity index (χ1v) is 10.5. The summed E-state index contributed by atoms with van der Waals surface area (Å²) in [5.41, 5.74) is 1.76. The van der Waals surface area contributed by atoms with Crippen molar-refractivity contribution in [3.63, 3.8) is 0 Å². The van der Waals surface area contributed by atoms with E-state index in [1.54, 1.807) is 6.07 Å². The van der Waals surface area contributed by atoms with Crippen molar-refractivity contribution in [1.82, 2.24) is 14.8 Å². The zero-order valence-corrected chi connectivity index (χ0v) is 16.5. The van der Waals surface area contributed by atoms with Gasteiger partial charge in [0.2, 0.25) is 5.91 Å². The third kappa shape index (κ3) is 2.60. The van der Waals surface area contributed by atoms with Gasteiger partial charge in [0.1, 0.15) is 17.4 Å². The van der Waals surface area contributed by atoms with Crippen LogP contribution < -0.4 is 0 Å². The monoisotopic (exact) mass is 403 g/mol. The Morgan fingerprint density at radius 2 is 1.97 bits per heavy atom. The van der Waals surface area contributed by atoms with Crippen molar-refractivity contribution in [2.24, 2.45) is 0 Å². The lowest BCUT2D eigenvalue weighted by Crippen LogP contribution is -2.47. The molecule has 2 aromatic carbocycles. The minimum Gasteiger partial charge on any atom is -0.344 e. The highest BCUT2D eigenvalue weighted by molar-refractivity contribution is 5.81. The number of fused-ring (bicyclic) bond motifs is 1. The second-order valence-electron chi connectivity index (χ2n) is 8.42. The van der Waals surface area contributed by atoms with Crippen LogP contribution in [0.3, 0.4) is 0 Å². The molecule has 1 spiro atoms. The van der Waals surface area contributed by atoms with Crippen LogP contribution >= 0.6 is 0 Å². The molecule has 1 amide bonds. The first-order valence-electron chi connectivity index (χ1n) is 10.5.